The highest BCUT2D eigenvalue weighted by molar-refractivity contribution is 5.84. The molecule has 1 unspecified atom stereocenters. The fourth-order valence-corrected chi connectivity index (χ4v) is 1.50. The van der Waals surface area contributed by atoms with Crippen LogP contribution >= 0.6 is 0 Å². The molecule has 0 spiro atoms. The lowest BCUT2D eigenvalue weighted by Gasteiger charge is -2.14. The smallest absolute Gasteiger partial charge is 0.326 e. The maximum absolute atomic E-state index is 13.3. The Hall–Kier alpha value is -2.71. The molecule has 0 saturated heterocycles. The summed E-state index contributed by atoms with van der Waals surface area (Å²) >= 11 is 0. The number of nitro benzene ring substituents is 1. The van der Waals surface area contributed by atoms with Gasteiger partial charge in [-0.3, -0.25) is 14.9 Å². The molecule has 9 heteroatoms. The number of nitrogens with zero attached hydrogens (tertiary/aromatic N) is 1. The first-order chi connectivity index (χ1) is 9.22. The maximum atomic E-state index is 13.3. The lowest BCUT2D eigenvalue weighted by atomic mass is 10.1. The lowest BCUT2D eigenvalue weighted by molar-refractivity contribution is -0.384. The van der Waals surface area contributed by atoms with E-state index in [2.05, 4.69) is 5.32 Å². The predicted octanol–water partition coefficient (Wildman–Crippen LogP) is 1.38. The number of carboxylic acid groups (broad SMARTS) is 2. The van der Waals surface area contributed by atoms with Crippen molar-refractivity contribution >= 4 is 23.3 Å². The minimum atomic E-state index is -1.56. The van der Waals surface area contributed by atoms with Crippen molar-refractivity contribution in [1.82, 2.24) is 0 Å². The average Bonchev–Trinajstić information content (AvgIpc) is 2.31. The van der Waals surface area contributed by atoms with Crippen molar-refractivity contribution in [3.8, 4) is 0 Å². The number of halogens is 1. The molecule has 20 heavy (non-hydrogen) atoms. The third-order valence-electron chi connectivity index (χ3n) is 2.48. The van der Waals surface area contributed by atoms with Crippen molar-refractivity contribution in [2.45, 2.75) is 19.4 Å². The van der Waals surface area contributed by atoms with Crippen molar-refractivity contribution < 1.29 is 29.1 Å². The molecule has 1 atom stereocenters. The largest absolute Gasteiger partial charge is 0.481 e. The van der Waals surface area contributed by atoms with E-state index < -0.39 is 40.8 Å². The number of anilines is 1. The zero-order chi connectivity index (χ0) is 15.4. The summed E-state index contributed by atoms with van der Waals surface area (Å²) in [5.41, 5.74) is -0.843. The van der Waals surface area contributed by atoms with Crippen LogP contribution in [0.1, 0.15) is 12.0 Å². The molecule has 0 aromatic heterocycles. The third-order valence-corrected chi connectivity index (χ3v) is 2.48. The molecule has 1 aromatic carbocycles. The molecular weight excluding hydrogens is 275 g/mol. The van der Waals surface area contributed by atoms with E-state index in [0.29, 0.717) is 6.07 Å². The van der Waals surface area contributed by atoms with Gasteiger partial charge >= 0.3 is 11.9 Å². The number of benzene rings is 1. The summed E-state index contributed by atoms with van der Waals surface area (Å²) in [6.07, 6.45) is -0.775. The van der Waals surface area contributed by atoms with Crippen LogP contribution in [0.4, 0.5) is 15.8 Å². The zero-order valence-corrected chi connectivity index (χ0v) is 10.3. The Bertz CT molecular complexity index is 574. The molecule has 0 bridgehead atoms. The van der Waals surface area contributed by atoms with Crippen molar-refractivity contribution in [1.29, 1.82) is 0 Å². The third kappa shape index (κ3) is 3.64. The average molecular weight is 286 g/mol. The van der Waals surface area contributed by atoms with Crippen molar-refractivity contribution in [3.63, 3.8) is 0 Å². The second-order valence-corrected chi connectivity index (χ2v) is 4.01. The van der Waals surface area contributed by atoms with Gasteiger partial charge in [0.05, 0.1) is 17.4 Å². The van der Waals surface area contributed by atoms with Gasteiger partial charge < -0.3 is 15.5 Å². The summed E-state index contributed by atoms with van der Waals surface area (Å²) in [5, 5.41) is 30.5. The molecule has 8 nitrogen and oxygen atoms in total. The maximum Gasteiger partial charge on any atom is 0.326 e. The predicted molar refractivity (Wildman–Crippen MR) is 65.1 cm³/mol. The number of rotatable bonds is 6. The first-order valence-corrected chi connectivity index (χ1v) is 5.38. The molecule has 1 rings (SSSR count). The SMILES string of the molecule is Cc1cc(NC(CC(=O)O)C(=O)O)c([N+](=O)[O-])cc1F. The van der Waals surface area contributed by atoms with Crippen LogP contribution in [0, 0.1) is 22.9 Å². The van der Waals surface area contributed by atoms with E-state index in [1.807, 2.05) is 0 Å². The normalized spacial score (nSPS) is 11.7. The Balaban J connectivity index is 3.17. The highest BCUT2D eigenvalue weighted by atomic mass is 19.1. The molecule has 0 heterocycles. The van der Waals surface area contributed by atoms with E-state index in [0.717, 1.165) is 6.07 Å². The molecule has 0 fully saturated rings. The number of carboxylic acids is 2. The quantitative estimate of drug-likeness (QED) is 0.532. The minimum absolute atomic E-state index is 0.0672. The Kier molecular flexibility index (Phi) is 4.57. The van der Waals surface area contributed by atoms with E-state index in [1.165, 1.54) is 6.92 Å². The summed E-state index contributed by atoms with van der Waals surface area (Å²) in [4.78, 5) is 31.4. The van der Waals surface area contributed by atoms with Crippen LogP contribution in [0.2, 0.25) is 0 Å². The number of nitro groups is 1. The minimum Gasteiger partial charge on any atom is -0.481 e. The molecule has 0 radical (unpaired) electrons. The molecule has 0 aliphatic carbocycles. The standard InChI is InChI=1S/C11H11FN2O6/c1-5-2-7(9(14(19)20)3-6(5)12)13-8(11(17)18)4-10(15)16/h2-3,8,13H,4H2,1H3,(H,15,16)(H,17,18). The molecule has 0 amide bonds. The Labute approximate surface area is 112 Å². The monoisotopic (exact) mass is 286 g/mol. The molecule has 0 saturated carbocycles. The second-order valence-electron chi connectivity index (χ2n) is 4.01. The van der Waals surface area contributed by atoms with Crippen LogP contribution < -0.4 is 5.32 Å². The van der Waals surface area contributed by atoms with E-state index in [9.17, 15) is 24.1 Å². The first kappa shape index (κ1) is 15.3. The number of aryl methyl sites for hydroxylation is 1. The Morgan fingerprint density at radius 1 is 1.45 bits per heavy atom. The summed E-state index contributed by atoms with van der Waals surface area (Å²) in [5.74, 6) is -3.68. The second kappa shape index (κ2) is 5.95. The van der Waals surface area contributed by atoms with E-state index in [-0.39, 0.29) is 11.3 Å². The van der Waals surface area contributed by atoms with Crippen LogP contribution in [0.15, 0.2) is 12.1 Å². The Morgan fingerprint density at radius 2 is 2.05 bits per heavy atom. The highest BCUT2D eigenvalue weighted by Gasteiger charge is 2.25. The van der Waals surface area contributed by atoms with Crippen molar-refractivity contribution in [2.75, 3.05) is 5.32 Å². The highest BCUT2D eigenvalue weighted by Crippen LogP contribution is 2.28. The molecule has 3 N–H and O–H groups in total. The molecular formula is C11H11FN2O6. The summed E-state index contributed by atoms with van der Waals surface area (Å²) in [7, 11) is 0. The van der Waals surface area contributed by atoms with E-state index >= 15 is 0 Å². The van der Waals surface area contributed by atoms with Gasteiger partial charge in [-0.1, -0.05) is 0 Å². The van der Waals surface area contributed by atoms with Crippen LogP contribution in [0.3, 0.4) is 0 Å². The fourth-order valence-electron chi connectivity index (χ4n) is 1.50. The zero-order valence-electron chi connectivity index (χ0n) is 10.3. The Morgan fingerprint density at radius 3 is 2.50 bits per heavy atom. The van der Waals surface area contributed by atoms with Gasteiger partial charge in [-0.15, -0.1) is 0 Å². The van der Waals surface area contributed by atoms with Crippen molar-refractivity contribution in [3.05, 3.63) is 33.6 Å². The number of hydrogen-bond acceptors (Lipinski definition) is 5. The van der Waals surface area contributed by atoms with Gasteiger partial charge in [-0.05, 0) is 18.6 Å². The van der Waals surface area contributed by atoms with E-state index in [4.69, 9.17) is 10.2 Å². The molecule has 0 aliphatic rings. The number of hydrogen-bond donors (Lipinski definition) is 3. The van der Waals surface area contributed by atoms with Gasteiger partial charge in [-0.2, -0.15) is 0 Å². The molecule has 1 aromatic rings. The van der Waals surface area contributed by atoms with Crippen LogP contribution in [0.5, 0.6) is 0 Å². The number of aliphatic carboxylic acids is 2. The van der Waals surface area contributed by atoms with Gasteiger partial charge in [0.2, 0.25) is 0 Å². The van der Waals surface area contributed by atoms with Gasteiger partial charge in [-0.25, -0.2) is 9.18 Å². The van der Waals surface area contributed by atoms with Gasteiger partial charge in [0.25, 0.3) is 5.69 Å². The van der Waals surface area contributed by atoms with E-state index in [1.54, 1.807) is 0 Å². The van der Waals surface area contributed by atoms with Crippen molar-refractivity contribution in [2.24, 2.45) is 0 Å². The summed E-state index contributed by atoms with van der Waals surface area (Å²) in [6, 6.07) is 0.152. The number of nitrogens with one attached hydrogen (secondary N) is 1. The lowest BCUT2D eigenvalue weighted by Crippen LogP contribution is -2.32. The first-order valence-electron chi connectivity index (χ1n) is 5.38. The summed E-state index contributed by atoms with van der Waals surface area (Å²) < 4.78 is 13.3. The van der Waals surface area contributed by atoms with Gasteiger partial charge in [0.1, 0.15) is 17.5 Å². The van der Waals surface area contributed by atoms with Gasteiger partial charge in [0, 0.05) is 0 Å². The molecule has 0 aliphatic heterocycles. The van der Waals surface area contributed by atoms with Crippen LogP contribution in [-0.2, 0) is 9.59 Å². The molecule has 108 valence electrons. The van der Waals surface area contributed by atoms with Crippen LogP contribution in [-0.4, -0.2) is 33.1 Å². The van der Waals surface area contributed by atoms with Crippen LogP contribution in [0.25, 0.3) is 0 Å². The summed E-state index contributed by atoms with van der Waals surface area (Å²) in [6.45, 7) is 1.34. The topological polar surface area (TPSA) is 130 Å². The van der Waals surface area contributed by atoms with Gasteiger partial charge in [0.15, 0.2) is 0 Å². The fraction of sp³-hybridized carbons (Fsp3) is 0.273. The number of carbonyl (C=O) groups is 2.